The number of anilines is 1. The van der Waals surface area contributed by atoms with Gasteiger partial charge in [0.1, 0.15) is 5.92 Å². The molecule has 0 heterocycles. The summed E-state index contributed by atoms with van der Waals surface area (Å²) in [7, 11) is -1.05. The normalized spacial score (nSPS) is 12.2. The Hall–Kier alpha value is -2.17. The molecule has 0 saturated heterocycles. The highest BCUT2D eigenvalue weighted by Gasteiger charge is 2.35. The molecular formula is C33H49NO4PS+. The van der Waals surface area contributed by atoms with Crippen LogP contribution in [0.2, 0.25) is 0 Å². The van der Waals surface area contributed by atoms with Gasteiger partial charge in [-0.25, -0.2) is 0 Å². The Morgan fingerprint density at radius 2 is 1.30 bits per heavy atom. The second kappa shape index (κ2) is 18.3. The SMILES string of the molecule is CCCCC(C(=O)O)C(=O)Nc1ccc(SC(=O)c2ccc(C[P+](CCCC)(CCCC)CCCC)cc2)cc1. The highest BCUT2D eigenvalue weighted by Crippen LogP contribution is 2.63. The average molecular weight is 587 g/mol. The number of aliphatic carboxylic acids is 1. The molecule has 2 aromatic rings. The molecule has 0 aliphatic heterocycles. The van der Waals surface area contributed by atoms with Gasteiger partial charge in [0.2, 0.25) is 11.0 Å². The summed E-state index contributed by atoms with van der Waals surface area (Å²) < 4.78 is 0. The van der Waals surface area contributed by atoms with E-state index in [1.54, 1.807) is 24.3 Å². The summed E-state index contributed by atoms with van der Waals surface area (Å²) in [6.45, 7) is 8.84. The van der Waals surface area contributed by atoms with E-state index in [4.69, 9.17) is 0 Å². The Morgan fingerprint density at radius 3 is 1.77 bits per heavy atom. The van der Waals surface area contributed by atoms with Crippen LogP contribution in [0.3, 0.4) is 0 Å². The van der Waals surface area contributed by atoms with Gasteiger partial charge in [-0.1, -0.05) is 84.1 Å². The van der Waals surface area contributed by atoms with Crippen molar-refractivity contribution < 1.29 is 19.5 Å². The van der Waals surface area contributed by atoms with Crippen molar-refractivity contribution in [3.05, 3.63) is 59.7 Å². The highest BCUT2D eigenvalue weighted by atomic mass is 32.2. The lowest BCUT2D eigenvalue weighted by molar-refractivity contribution is -0.145. The Morgan fingerprint density at radius 1 is 0.775 bits per heavy atom. The molecule has 2 aromatic carbocycles. The summed E-state index contributed by atoms with van der Waals surface area (Å²) in [5.41, 5.74) is 2.57. The molecule has 1 amide bonds. The number of carboxylic acid groups (broad SMARTS) is 1. The zero-order chi connectivity index (χ0) is 29.4. The van der Waals surface area contributed by atoms with E-state index in [0.29, 0.717) is 24.1 Å². The maximum absolute atomic E-state index is 13.0. The van der Waals surface area contributed by atoms with E-state index in [1.807, 2.05) is 19.1 Å². The number of benzene rings is 2. The predicted molar refractivity (Wildman–Crippen MR) is 172 cm³/mol. The molecule has 0 fully saturated rings. The van der Waals surface area contributed by atoms with E-state index in [0.717, 1.165) is 23.1 Å². The number of hydrogen-bond donors (Lipinski definition) is 2. The van der Waals surface area contributed by atoms with Gasteiger partial charge in [0.25, 0.3) is 0 Å². The lowest BCUT2D eigenvalue weighted by atomic mass is 10.0. The number of carboxylic acids is 1. The van der Waals surface area contributed by atoms with Crippen LogP contribution in [0.25, 0.3) is 0 Å². The lowest BCUT2D eigenvalue weighted by Gasteiger charge is -2.28. The quantitative estimate of drug-likeness (QED) is 0.0973. The number of amides is 1. The van der Waals surface area contributed by atoms with Crippen LogP contribution in [0.15, 0.2) is 53.4 Å². The van der Waals surface area contributed by atoms with Crippen molar-refractivity contribution in [1.82, 2.24) is 0 Å². The van der Waals surface area contributed by atoms with Crippen LogP contribution in [-0.2, 0) is 15.8 Å². The number of hydrogen-bond acceptors (Lipinski definition) is 4. The second-order valence-electron chi connectivity index (χ2n) is 10.9. The van der Waals surface area contributed by atoms with Crippen LogP contribution in [0, 0.1) is 5.92 Å². The molecule has 40 heavy (non-hydrogen) atoms. The van der Waals surface area contributed by atoms with Crippen molar-refractivity contribution in [2.24, 2.45) is 5.92 Å². The van der Waals surface area contributed by atoms with E-state index in [1.165, 1.54) is 68.7 Å². The number of nitrogens with one attached hydrogen (secondary N) is 1. The zero-order valence-electron chi connectivity index (χ0n) is 24.9. The third-order valence-electron chi connectivity index (χ3n) is 7.46. The molecule has 0 saturated carbocycles. The summed E-state index contributed by atoms with van der Waals surface area (Å²) in [5.74, 6) is -2.68. The molecule has 7 heteroatoms. The van der Waals surface area contributed by atoms with Crippen LogP contribution in [0.4, 0.5) is 5.69 Å². The smallest absolute Gasteiger partial charge is 0.316 e. The molecule has 0 aliphatic carbocycles. The summed E-state index contributed by atoms with van der Waals surface area (Å²) in [5, 5.41) is 12.1. The first-order valence-electron chi connectivity index (χ1n) is 15.1. The summed E-state index contributed by atoms with van der Waals surface area (Å²) in [4.78, 5) is 37.7. The van der Waals surface area contributed by atoms with Gasteiger partial charge in [0, 0.05) is 23.4 Å². The van der Waals surface area contributed by atoms with Crippen LogP contribution >= 0.6 is 19.0 Å². The zero-order valence-corrected chi connectivity index (χ0v) is 26.6. The Labute approximate surface area is 246 Å². The largest absolute Gasteiger partial charge is 0.481 e. The van der Waals surface area contributed by atoms with Crippen molar-refractivity contribution in [3.63, 3.8) is 0 Å². The first-order valence-corrected chi connectivity index (χ1v) is 18.4. The molecule has 2 N–H and O–H groups in total. The monoisotopic (exact) mass is 586 g/mol. The van der Waals surface area contributed by atoms with E-state index < -0.39 is 25.1 Å². The Kier molecular flexibility index (Phi) is 15.6. The summed E-state index contributed by atoms with van der Waals surface area (Å²) in [6.07, 6.45) is 14.9. The first kappa shape index (κ1) is 34.0. The van der Waals surface area contributed by atoms with Crippen molar-refractivity contribution in [2.45, 2.75) is 96.5 Å². The molecule has 0 bridgehead atoms. The first-order chi connectivity index (χ1) is 19.3. The molecule has 220 valence electrons. The van der Waals surface area contributed by atoms with Crippen molar-refractivity contribution >= 4 is 41.7 Å². The van der Waals surface area contributed by atoms with Crippen molar-refractivity contribution in [3.8, 4) is 0 Å². The maximum atomic E-state index is 13.0. The van der Waals surface area contributed by atoms with Crippen LogP contribution in [0.5, 0.6) is 0 Å². The minimum atomic E-state index is -1.11. The molecule has 1 unspecified atom stereocenters. The lowest BCUT2D eigenvalue weighted by Crippen LogP contribution is -2.29. The van der Waals surface area contributed by atoms with Gasteiger partial charge >= 0.3 is 5.97 Å². The average Bonchev–Trinajstić information content (AvgIpc) is 2.95. The standard InChI is InChI=1S/C33H48NO4PS/c1-5-9-13-30(32(36)37)31(35)34-28-18-20-29(21-19-28)40-33(38)27-16-14-26(15-17-27)25-39(22-10-6-2,23-11-7-3)24-12-8-4/h14-21,30H,5-13,22-25H2,1-4H3,(H-,34,35,36,37)/p+1. The van der Waals surface area contributed by atoms with E-state index in [9.17, 15) is 19.5 Å². The number of thioether (sulfide) groups is 1. The number of carbonyl (C=O) groups excluding carboxylic acids is 2. The minimum Gasteiger partial charge on any atom is -0.481 e. The minimum absolute atomic E-state index is 0.0159. The fourth-order valence-corrected chi connectivity index (χ4v) is 10.8. The van der Waals surface area contributed by atoms with Gasteiger partial charge < -0.3 is 10.4 Å². The van der Waals surface area contributed by atoms with E-state index in [2.05, 4.69) is 38.2 Å². The number of rotatable bonds is 19. The highest BCUT2D eigenvalue weighted by molar-refractivity contribution is 8.14. The third-order valence-corrected chi connectivity index (χ3v) is 13.2. The third kappa shape index (κ3) is 11.4. The van der Waals surface area contributed by atoms with Gasteiger partial charge in [-0.05, 0) is 67.3 Å². The summed E-state index contributed by atoms with van der Waals surface area (Å²) in [6, 6.07) is 15.2. The molecule has 1 atom stereocenters. The van der Waals surface area contributed by atoms with E-state index >= 15 is 0 Å². The van der Waals surface area contributed by atoms with Crippen molar-refractivity contribution in [1.29, 1.82) is 0 Å². The van der Waals surface area contributed by atoms with Crippen LogP contribution in [-0.4, -0.2) is 40.6 Å². The van der Waals surface area contributed by atoms with Gasteiger partial charge in [-0.3, -0.25) is 14.4 Å². The van der Waals surface area contributed by atoms with Gasteiger partial charge in [-0.2, -0.15) is 0 Å². The Balaban J connectivity index is 2.03. The fraction of sp³-hybridized carbons (Fsp3) is 0.545. The molecule has 0 aliphatic rings. The fourth-order valence-electron chi connectivity index (χ4n) is 4.96. The predicted octanol–water partition coefficient (Wildman–Crippen LogP) is 9.37. The van der Waals surface area contributed by atoms with Gasteiger partial charge in [0.05, 0.1) is 24.6 Å². The van der Waals surface area contributed by atoms with Crippen molar-refractivity contribution in [2.75, 3.05) is 23.8 Å². The maximum Gasteiger partial charge on any atom is 0.316 e. The molecule has 5 nitrogen and oxygen atoms in total. The van der Waals surface area contributed by atoms with Gasteiger partial charge in [0.15, 0.2) is 0 Å². The summed E-state index contributed by atoms with van der Waals surface area (Å²) >= 11 is 1.16. The number of carbonyl (C=O) groups is 3. The molecule has 0 aromatic heterocycles. The van der Waals surface area contributed by atoms with Crippen LogP contribution in [0.1, 0.15) is 101 Å². The second-order valence-corrected chi connectivity index (χ2v) is 16.3. The van der Waals surface area contributed by atoms with Gasteiger partial charge in [-0.15, -0.1) is 0 Å². The topological polar surface area (TPSA) is 83.5 Å². The van der Waals surface area contributed by atoms with Crippen LogP contribution < -0.4 is 5.32 Å². The molecular weight excluding hydrogens is 537 g/mol. The molecule has 0 spiro atoms. The Bertz CT molecular complexity index is 1030. The molecule has 2 rings (SSSR count). The van der Waals surface area contributed by atoms with E-state index in [-0.39, 0.29) is 5.12 Å². The number of unbranched alkanes of at least 4 members (excludes halogenated alkanes) is 4. The molecule has 0 radical (unpaired) electrons.